The van der Waals surface area contributed by atoms with Crippen molar-refractivity contribution in [1.82, 2.24) is 0 Å². The molecule has 1 aliphatic rings. The third-order valence-electron chi connectivity index (χ3n) is 1.83. The molecule has 1 atom stereocenters. The number of halogens is 3. The number of ether oxygens (including phenoxy) is 2. The van der Waals surface area contributed by atoms with Crippen molar-refractivity contribution in [1.29, 1.82) is 0 Å². The summed E-state index contributed by atoms with van der Waals surface area (Å²) in [6.07, 6.45) is -4.35. The molecule has 0 amide bonds. The highest BCUT2D eigenvalue weighted by molar-refractivity contribution is 5.01. The zero-order valence-corrected chi connectivity index (χ0v) is 8.10. The van der Waals surface area contributed by atoms with Gasteiger partial charge in [-0.15, -0.1) is 0 Å². The van der Waals surface area contributed by atoms with Gasteiger partial charge in [-0.3, -0.25) is 0 Å². The molecule has 0 radical (unpaired) electrons. The molecular formula is C9H13F3O2. The van der Waals surface area contributed by atoms with Gasteiger partial charge in [-0.25, -0.2) is 0 Å². The van der Waals surface area contributed by atoms with Gasteiger partial charge in [0.1, 0.15) is 5.92 Å². The summed E-state index contributed by atoms with van der Waals surface area (Å²) >= 11 is 0. The molecule has 0 N–H and O–H groups in total. The first-order valence-corrected chi connectivity index (χ1v) is 4.36. The van der Waals surface area contributed by atoms with Gasteiger partial charge >= 0.3 is 6.18 Å². The van der Waals surface area contributed by atoms with E-state index in [0.717, 1.165) is 6.08 Å². The summed E-state index contributed by atoms with van der Waals surface area (Å²) in [4.78, 5) is 0. The van der Waals surface area contributed by atoms with E-state index in [0.29, 0.717) is 5.57 Å². The number of hydrogen-bond donors (Lipinski definition) is 0. The molecule has 1 heterocycles. The van der Waals surface area contributed by atoms with E-state index in [1.807, 2.05) is 0 Å². The molecule has 1 aliphatic heterocycles. The number of hydrogen-bond acceptors (Lipinski definition) is 2. The fourth-order valence-corrected chi connectivity index (χ4v) is 1.27. The largest absolute Gasteiger partial charge is 0.400 e. The number of allylic oxidation sites excluding steroid dienone is 1. The van der Waals surface area contributed by atoms with Gasteiger partial charge in [0.05, 0.1) is 13.2 Å². The first-order valence-electron chi connectivity index (χ1n) is 4.36. The Morgan fingerprint density at radius 3 is 2.14 bits per heavy atom. The summed E-state index contributed by atoms with van der Waals surface area (Å²) in [6.45, 7) is 3.70. The minimum absolute atomic E-state index is 0.230. The van der Waals surface area contributed by atoms with Crippen LogP contribution < -0.4 is 0 Å². The van der Waals surface area contributed by atoms with Crippen molar-refractivity contribution >= 4 is 0 Å². The molecule has 0 saturated carbocycles. The monoisotopic (exact) mass is 210 g/mol. The predicted octanol–water partition coefficient (Wildman–Crippen LogP) is 2.50. The molecule has 0 aliphatic carbocycles. The molecular weight excluding hydrogens is 197 g/mol. The van der Waals surface area contributed by atoms with E-state index >= 15 is 0 Å². The molecule has 0 bridgehead atoms. The van der Waals surface area contributed by atoms with Crippen molar-refractivity contribution < 1.29 is 22.6 Å². The molecule has 0 spiro atoms. The van der Waals surface area contributed by atoms with E-state index in [4.69, 9.17) is 9.47 Å². The molecule has 1 saturated heterocycles. The van der Waals surface area contributed by atoms with E-state index in [1.165, 1.54) is 0 Å². The Balaban J connectivity index is 2.76. The van der Waals surface area contributed by atoms with E-state index in [-0.39, 0.29) is 13.2 Å². The van der Waals surface area contributed by atoms with Crippen LogP contribution in [0, 0.1) is 5.92 Å². The molecule has 1 rings (SSSR count). The van der Waals surface area contributed by atoms with Crippen molar-refractivity contribution in [2.75, 3.05) is 13.2 Å². The minimum atomic E-state index is -4.31. The van der Waals surface area contributed by atoms with Crippen LogP contribution in [0.2, 0.25) is 0 Å². The lowest BCUT2D eigenvalue weighted by Gasteiger charge is -2.22. The highest BCUT2D eigenvalue weighted by Crippen LogP contribution is 2.34. The van der Waals surface area contributed by atoms with E-state index in [1.54, 1.807) is 13.8 Å². The Morgan fingerprint density at radius 1 is 1.29 bits per heavy atom. The summed E-state index contributed by atoms with van der Waals surface area (Å²) in [5.74, 6) is -1.66. The highest BCUT2D eigenvalue weighted by Gasteiger charge is 2.45. The lowest BCUT2D eigenvalue weighted by molar-refractivity contribution is -0.221. The molecule has 0 aromatic heterocycles. The smallest absolute Gasteiger partial charge is 0.349 e. The zero-order valence-electron chi connectivity index (χ0n) is 8.10. The zero-order chi connectivity index (χ0) is 10.8. The number of rotatable bonds is 2. The fourth-order valence-electron chi connectivity index (χ4n) is 1.27. The number of alkyl halides is 3. The average molecular weight is 210 g/mol. The van der Waals surface area contributed by atoms with Crippen molar-refractivity contribution in [3.8, 4) is 0 Å². The van der Waals surface area contributed by atoms with Gasteiger partial charge < -0.3 is 9.47 Å². The summed E-state index contributed by atoms with van der Waals surface area (Å²) in [5.41, 5.74) is 0.603. The van der Waals surface area contributed by atoms with Crippen LogP contribution >= 0.6 is 0 Å². The van der Waals surface area contributed by atoms with Crippen molar-refractivity contribution in [2.24, 2.45) is 5.92 Å². The Morgan fingerprint density at radius 2 is 1.79 bits per heavy atom. The standard InChI is InChI=1S/C9H13F3O2/c1-6(2)5-7(9(10,11)12)8-13-3-4-14-8/h5,7-8H,3-4H2,1-2H3/t7-/m0/s1. The molecule has 5 heteroatoms. The van der Waals surface area contributed by atoms with Crippen LogP contribution in [0.15, 0.2) is 11.6 Å². The summed E-state index contributed by atoms with van der Waals surface area (Å²) in [7, 11) is 0. The van der Waals surface area contributed by atoms with Crippen LogP contribution in [0.1, 0.15) is 13.8 Å². The maximum Gasteiger partial charge on any atom is 0.400 e. The van der Waals surface area contributed by atoms with Gasteiger partial charge in [0.2, 0.25) is 0 Å². The third-order valence-corrected chi connectivity index (χ3v) is 1.83. The fraction of sp³-hybridized carbons (Fsp3) is 0.778. The SMILES string of the molecule is CC(C)=C[C@@H](C1OCCO1)C(F)(F)F. The van der Waals surface area contributed by atoms with E-state index < -0.39 is 18.4 Å². The second kappa shape index (κ2) is 4.31. The van der Waals surface area contributed by atoms with Gasteiger partial charge in [-0.05, 0) is 13.8 Å². The van der Waals surface area contributed by atoms with Crippen molar-refractivity contribution in [2.45, 2.75) is 26.3 Å². The van der Waals surface area contributed by atoms with E-state index in [2.05, 4.69) is 0 Å². The lowest BCUT2D eigenvalue weighted by atomic mass is 10.1. The molecule has 2 nitrogen and oxygen atoms in total. The summed E-state index contributed by atoms with van der Waals surface area (Å²) in [6, 6.07) is 0. The maximum absolute atomic E-state index is 12.5. The molecule has 0 unspecified atom stereocenters. The minimum Gasteiger partial charge on any atom is -0.349 e. The van der Waals surface area contributed by atoms with Crippen molar-refractivity contribution in [3.05, 3.63) is 11.6 Å². The maximum atomic E-state index is 12.5. The van der Waals surface area contributed by atoms with Crippen LogP contribution in [-0.2, 0) is 9.47 Å². The molecule has 0 aromatic rings. The molecule has 0 aromatic carbocycles. The van der Waals surface area contributed by atoms with Crippen LogP contribution in [0.4, 0.5) is 13.2 Å². The Hall–Kier alpha value is -0.550. The average Bonchev–Trinajstić information content (AvgIpc) is 2.49. The molecule has 82 valence electrons. The Kier molecular flexibility index (Phi) is 3.55. The predicted molar refractivity (Wildman–Crippen MR) is 44.7 cm³/mol. The first kappa shape index (κ1) is 11.5. The second-order valence-electron chi connectivity index (χ2n) is 3.42. The van der Waals surface area contributed by atoms with Crippen LogP contribution in [0.25, 0.3) is 0 Å². The molecule has 1 fully saturated rings. The van der Waals surface area contributed by atoms with Gasteiger partial charge in [0.15, 0.2) is 6.29 Å². The van der Waals surface area contributed by atoms with Crippen LogP contribution in [-0.4, -0.2) is 25.7 Å². The van der Waals surface area contributed by atoms with Gasteiger partial charge in [-0.1, -0.05) is 11.6 Å². The van der Waals surface area contributed by atoms with Crippen LogP contribution in [0.5, 0.6) is 0 Å². The third kappa shape index (κ3) is 2.99. The normalized spacial score (nSPS) is 20.9. The van der Waals surface area contributed by atoms with Crippen LogP contribution in [0.3, 0.4) is 0 Å². The molecule has 14 heavy (non-hydrogen) atoms. The lowest BCUT2D eigenvalue weighted by Crippen LogP contribution is -2.33. The topological polar surface area (TPSA) is 18.5 Å². The van der Waals surface area contributed by atoms with Crippen molar-refractivity contribution in [3.63, 3.8) is 0 Å². The Labute approximate surface area is 80.7 Å². The second-order valence-corrected chi connectivity index (χ2v) is 3.42. The van der Waals surface area contributed by atoms with Gasteiger partial charge in [-0.2, -0.15) is 13.2 Å². The quantitative estimate of drug-likeness (QED) is 0.652. The Bertz CT molecular complexity index is 213. The summed E-state index contributed by atoms with van der Waals surface area (Å²) < 4.78 is 47.3. The van der Waals surface area contributed by atoms with E-state index in [9.17, 15) is 13.2 Å². The highest BCUT2D eigenvalue weighted by atomic mass is 19.4. The van der Waals surface area contributed by atoms with Gasteiger partial charge in [0.25, 0.3) is 0 Å². The first-order chi connectivity index (χ1) is 6.41. The summed E-state index contributed by atoms with van der Waals surface area (Å²) in [5, 5.41) is 0. The van der Waals surface area contributed by atoms with Gasteiger partial charge in [0, 0.05) is 0 Å².